The molecule has 1 aromatic heterocycles. The summed E-state index contributed by atoms with van der Waals surface area (Å²) in [6.45, 7) is 1.65. The van der Waals surface area contributed by atoms with Crippen molar-refractivity contribution in [2.45, 2.75) is 11.8 Å². The van der Waals surface area contributed by atoms with E-state index in [0.717, 1.165) is 10.0 Å². The van der Waals surface area contributed by atoms with Crippen molar-refractivity contribution in [3.8, 4) is 11.3 Å². The molecule has 0 saturated carbocycles. The summed E-state index contributed by atoms with van der Waals surface area (Å²) in [4.78, 5) is 3.35. The van der Waals surface area contributed by atoms with Gasteiger partial charge in [-0.15, -0.1) is 0 Å². The summed E-state index contributed by atoms with van der Waals surface area (Å²) < 4.78 is 24.8. The lowest BCUT2D eigenvalue weighted by molar-refractivity contribution is 0.597. The number of sulfone groups is 1. The molecular weight excluding hydrogens is 302 g/mol. The zero-order valence-corrected chi connectivity index (χ0v) is 11.7. The Balaban J connectivity index is 2.55. The largest absolute Gasteiger partial charge is 0.360 e. The maximum Gasteiger partial charge on any atom is 0.180 e. The molecule has 2 rings (SSSR count). The highest BCUT2D eigenvalue weighted by Gasteiger charge is 2.18. The van der Waals surface area contributed by atoms with Crippen LogP contribution in [0.15, 0.2) is 45.9 Å². The number of aromatic amines is 1. The number of hydrogen-bond donors (Lipinski definition) is 1. The quantitative estimate of drug-likeness (QED) is 0.945. The van der Waals surface area contributed by atoms with Gasteiger partial charge in [-0.05, 0) is 23.8 Å². The van der Waals surface area contributed by atoms with Crippen molar-refractivity contribution in [3.05, 3.63) is 41.0 Å². The maximum absolute atomic E-state index is 11.9. The molecule has 0 spiro atoms. The van der Waals surface area contributed by atoms with Gasteiger partial charge in [-0.1, -0.05) is 35.0 Å². The molecule has 0 unspecified atom stereocenters. The Morgan fingerprint density at radius 1 is 1.18 bits per heavy atom. The van der Waals surface area contributed by atoms with Crippen molar-refractivity contribution in [1.82, 2.24) is 4.98 Å². The molecule has 0 saturated heterocycles. The molecule has 0 fully saturated rings. The van der Waals surface area contributed by atoms with Crippen LogP contribution in [0.1, 0.15) is 6.92 Å². The fraction of sp³-hybridized carbons (Fsp3) is 0.167. The second-order valence-corrected chi connectivity index (χ2v) is 6.79. The highest BCUT2D eigenvalue weighted by atomic mass is 79.9. The number of benzene rings is 1. The normalized spacial score (nSPS) is 11.6. The molecule has 0 aliphatic rings. The molecule has 0 amide bonds. The van der Waals surface area contributed by atoms with Crippen molar-refractivity contribution in [2.75, 3.05) is 5.75 Å². The second kappa shape index (κ2) is 4.66. The van der Waals surface area contributed by atoms with Gasteiger partial charge in [-0.2, -0.15) is 0 Å². The van der Waals surface area contributed by atoms with Gasteiger partial charge in [0.25, 0.3) is 0 Å². The third-order valence-corrected chi connectivity index (χ3v) is 4.86. The summed E-state index contributed by atoms with van der Waals surface area (Å²) >= 11 is 3.35. The van der Waals surface area contributed by atoms with Crippen LogP contribution in [0.5, 0.6) is 0 Å². The third kappa shape index (κ3) is 2.45. The van der Waals surface area contributed by atoms with Gasteiger partial charge in [-0.25, -0.2) is 8.42 Å². The lowest BCUT2D eigenvalue weighted by Gasteiger charge is -2.04. The van der Waals surface area contributed by atoms with Gasteiger partial charge in [0.2, 0.25) is 0 Å². The van der Waals surface area contributed by atoms with E-state index < -0.39 is 9.84 Å². The van der Waals surface area contributed by atoms with Crippen molar-refractivity contribution in [2.24, 2.45) is 0 Å². The standard InChI is InChI=1S/C12H12BrNO2S/c1-2-17(15,16)11-7-8-14-12(11)9-3-5-10(13)6-4-9/h3-8,14H,2H2,1H3. The number of hydrogen-bond acceptors (Lipinski definition) is 2. The van der Waals surface area contributed by atoms with Crippen LogP contribution in [-0.2, 0) is 9.84 Å². The van der Waals surface area contributed by atoms with Crippen molar-refractivity contribution < 1.29 is 8.42 Å². The van der Waals surface area contributed by atoms with Gasteiger partial charge in [0.15, 0.2) is 9.84 Å². The average Bonchev–Trinajstić information content (AvgIpc) is 2.80. The Morgan fingerprint density at radius 2 is 1.82 bits per heavy atom. The molecule has 0 atom stereocenters. The average molecular weight is 314 g/mol. The number of nitrogens with one attached hydrogen (secondary N) is 1. The second-order valence-electron chi connectivity index (χ2n) is 3.63. The third-order valence-electron chi connectivity index (χ3n) is 2.56. The molecule has 17 heavy (non-hydrogen) atoms. The number of rotatable bonds is 3. The van der Waals surface area contributed by atoms with Crippen LogP contribution in [0, 0.1) is 0 Å². The monoisotopic (exact) mass is 313 g/mol. The molecule has 1 N–H and O–H groups in total. The Morgan fingerprint density at radius 3 is 2.41 bits per heavy atom. The predicted molar refractivity (Wildman–Crippen MR) is 71.7 cm³/mol. The van der Waals surface area contributed by atoms with E-state index in [1.165, 1.54) is 0 Å². The van der Waals surface area contributed by atoms with Crippen LogP contribution in [0.2, 0.25) is 0 Å². The summed E-state index contributed by atoms with van der Waals surface area (Å²) in [6.07, 6.45) is 1.65. The van der Waals surface area contributed by atoms with Gasteiger partial charge in [0.05, 0.1) is 16.3 Å². The van der Waals surface area contributed by atoms with E-state index >= 15 is 0 Å². The Labute approximate surface area is 109 Å². The molecular formula is C12H12BrNO2S. The van der Waals surface area contributed by atoms with E-state index in [1.54, 1.807) is 19.2 Å². The lowest BCUT2D eigenvalue weighted by Crippen LogP contribution is -2.03. The smallest absolute Gasteiger partial charge is 0.180 e. The summed E-state index contributed by atoms with van der Waals surface area (Å²) in [6, 6.07) is 9.14. The van der Waals surface area contributed by atoms with E-state index in [4.69, 9.17) is 0 Å². The number of H-pyrrole nitrogens is 1. The summed E-state index contributed by atoms with van der Waals surface area (Å²) in [7, 11) is -3.19. The highest BCUT2D eigenvalue weighted by Crippen LogP contribution is 2.27. The van der Waals surface area contributed by atoms with E-state index in [-0.39, 0.29) is 5.75 Å². The Hall–Kier alpha value is -1.07. The molecule has 0 bridgehead atoms. The van der Waals surface area contributed by atoms with Gasteiger partial charge in [-0.3, -0.25) is 0 Å². The molecule has 3 nitrogen and oxygen atoms in total. The first-order chi connectivity index (χ1) is 8.04. The summed E-state index contributed by atoms with van der Waals surface area (Å²) in [5.74, 6) is 0.106. The van der Waals surface area contributed by atoms with Gasteiger partial charge < -0.3 is 4.98 Å². The van der Waals surface area contributed by atoms with Crippen LogP contribution in [0.4, 0.5) is 0 Å². The molecule has 0 radical (unpaired) electrons. The Kier molecular flexibility index (Phi) is 3.40. The van der Waals surface area contributed by atoms with Crippen LogP contribution >= 0.6 is 15.9 Å². The predicted octanol–water partition coefficient (Wildman–Crippen LogP) is 3.24. The molecule has 0 aliphatic heterocycles. The van der Waals surface area contributed by atoms with Gasteiger partial charge in [0, 0.05) is 10.7 Å². The highest BCUT2D eigenvalue weighted by molar-refractivity contribution is 9.10. The van der Waals surface area contributed by atoms with E-state index in [2.05, 4.69) is 20.9 Å². The summed E-state index contributed by atoms with van der Waals surface area (Å²) in [5, 5.41) is 0. The minimum atomic E-state index is -3.19. The molecule has 1 heterocycles. The lowest BCUT2D eigenvalue weighted by atomic mass is 10.2. The molecule has 2 aromatic rings. The minimum Gasteiger partial charge on any atom is -0.360 e. The molecule has 5 heteroatoms. The van der Waals surface area contributed by atoms with E-state index in [0.29, 0.717) is 10.6 Å². The van der Waals surface area contributed by atoms with Crippen molar-refractivity contribution in [1.29, 1.82) is 0 Å². The van der Waals surface area contributed by atoms with E-state index in [1.807, 2.05) is 24.3 Å². The van der Waals surface area contributed by atoms with Crippen LogP contribution < -0.4 is 0 Å². The molecule has 90 valence electrons. The van der Waals surface area contributed by atoms with Crippen LogP contribution in [0.25, 0.3) is 11.3 Å². The zero-order chi connectivity index (χ0) is 12.5. The van der Waals surface area contributed by atoms with Crippen molar-refractivity contribution in [3.63, 3.8) is 0 Å². The zero-order valence-electron chi connectivity index (χ0n) is 9.27. The van der Waals surface area contributed by atoms with Crippen LogP contribution in [-0.4, -0.2) is 19.2 Å². The van der Waals surface area contributed by atoms with Gasteiger partial charge >= 0.3 is 0 Å². The minimum absolute atomic E-state index is 0.106. The SMILES string of the molecule is CCS(=O)(=O)c1cc[nH]c1-c1ccc(Br)cc1. The molecule has 1 aromatic carbocycles. The number of aromatic nitrogens is 1. The maximum atomic E-state index is 11.9. The fourth-order valence-electron chi connectivity index (χ4n) is 1.61. The molecule has 0 aliphatic carbocycles. The van der Waals surface area contributed by atoms with Crippen LogP contribution in [0.3, 0.4) is 0 Å². The topological polar surface area (TPSA) is 49.9 Å². The van der Waals surface area contributed by atoms with Crippen molar-refractivity contribution >= 4 is 25.8 Å². The van der Waals surface area contributed by atoms with Gasteiger partial charge in [0.1, 0.15) is 0 Å². The van der Waals surface area contributed by atoms with E-state index in [9.17, 15) is 8.42 Å². The number of halogens is 1. The fourth-order valence-corrected chi connectivity index (χ4v) is 2.95. The summed E-state index contributed by atoms with van der Waals surface area (Å²) in [5.41, 5.74) is 1.52. The first-order valence-corrected chi connectivity index (χ1v) is 7.65. The Bertz CT molecular complexity index is 614. The first kappa shape index (κ1) is 12.4. The first-order valence-electron chi connectivity index (χ1n) is 5.20.